The summed E-state index contributed by atoms with van der Waals surface area (Å²) in [6.07, 6.45) is 2.19. The van der Waals surface area contributed by atoms with Gasteiger partial charge in [-0.15, -0.1) is 11.3 Å². The summed E-state index contributed by atoms with van der Waals surface area (Å²) >= 11 is 1.53. The number of amides is 1. The second-order valence-corrected chi connectivity index (χ2v) is 8.54. The van der Waals surface area contributed by atoms with Crippen molar-refractivity contribution in [2.24, 2.45) is 0 Å². The minimum atomic E-state index is -0.596. The van der Waals surface area contributed by atoms with Crippen LogP contribution in [0, 0.1) is 0 Å². The Bertz CT molecular complexity index is 1330. The Hall–Kier alpha value is -3.92. The fourth-order valence-corrected chi connectivity index (χ4v) is 4.33. The molecule has 4 aromatic rings. The van der Waals surface area contributed by atoms with E-state index in [0.717, 1.165) is 10.4 Å². The van der Waals surface area contributed by atoms with E-state index in [9.17, 15) is 9.59 Å². The van der Waals surface area contributed by atoms with Gasteiger partial charge in [-0.1, -0.05) is 12.1 Å². The summed E-state index contributed by atoms with van der Waals surface area (Å²) in [7, 11) is 3.15. The molecule has 0 atom stereocenters. The van der Waals surface area contributed by atoms with Gasteiger partial charge in [0.2, 0.25) is 0 Å². The number of methoxy groups -OCH3 is 2. The summed E-state index contributed by atoms with van der Waals surface area (Å²) in [6.45, 7) is 2.57. The zero-order valence-electron chi connectivity index (χ0n) is 19.7. The summed E-state index contributed by atoms with van der Waals surface area (Å²) in [6, 6.07) is 11.1. The van der Waals surface area contributed by atoms with Crippen molar-refractivity contribution in [3.63, 3.8) is 0 Å². The van der Waals surface area contributed by atoms with E-state index in [4.69, 9.17) is 14.2 Å². The lowest BCUT2D eigenvalue weighted by Crippen LogP contribution is -2.30. The van der Waals surface area contributed by atoms with Crippen molar-refractivity contribution >= 4 is 34.2 Å². The zero-order valence-corrected chi connectivity index (χ0v) is 20.6. The Labute approximate surface area is 206 Å². The lowest BCUT2D eigenvalue weighted by Gasteiger charge is -2.10. The number of ether oxygens (including phenoxy) is 3. The molecule has 182 valence electrons. The monoisotopic (exact) mass is 494 g/mol. The molecule has 3 aromatic heterocycles. The predicted molar refractivity (Wildman–Crippen MR) is 133 cm³/mol. The van der Waals surface area contributed by atoms with Gasteiger partial charge in [0.1, 0.15) is 0 Å². The summed E-state index contributed by atoms with van der Waals surface area (Å²) in [5, 5.41) is 9.63. The van der Waals surface area contributed by atoms with Crippen LogP contribution in [0.3, 0.4) is 0 Å². The first-order chi connectivity index (χ1) is 17.0. The molecule has 4 rings (SSSR count). The van der Waals surface area contributed by atoms with Crippen molar-refractivity contribution in [3.8, 4) is 22.1 Å². The van der Waals surface area contributed by atoms with Crippen LogP contribution < -0.4 is 14.8 Å². The van der Waals surface area contributed by atoms with Crippen LogP contribution in [-0.2, 0) is 22.5 Å². The van der Waals surface area contributed by atoms with Crippen LogP contribution in [0.2, 0.25) is 0 Å². The number of hydrogen-bond acceptors (Lipinski definition) is 8. The SMILES string of the molecule is CCn1ncc2c(C(=O)OCC(=O)NCCc3ccc(OC)c(OC)c3)cc(-c3cccs3)nc21. The maximum Gasteiger partial charge on any atom is 0.339 e. The van der Waals surface area contributed by atoms with Crippen molar-refractivity contribution in [1.29, 1.82) is 0 Å². The molecule has 0 aliphatic heterocycles. The molecule has 1 amide bonds. The number of carbonyl (C=O) groups is 2. The highest BCUT2D eigenvalue weighted by atomic mass is 32.1. The third kappa shape index (κ3) is 5.43. The molecule has 0 radical (unpaired) electrons. The number of fused-ring (bicyclic) bond motifs is 1. The minimum Gasteiger partial charge on any atom is -0.493 e. The fraction of sp³-hybridized carbons (Fsp3) is 0.280. The molecular weight excluding hydrogens is 468 g/mol. The number of nitrogens with one attached hydrogen (secondary N) is 1. The molecule has 0 saturated carbocycles. The van der Waals surface area contributed by atoms with Crippen LogP contribution in [-0.4, -0.2) is 54.0 Å². The number of rotatable bonds is 10. The highest BCUT2D eigenvalue weighted by molar-refractivity contribution is 7.13. The van der Waals surface area contributed by atoms with E-state index in [1.165, 1.54) is 11.3 Å². The van der Waals surface area contributed by atoms with Gasteiger partial charge in [0.15, 0.2) is 23.8 Å². The minimum absolute atomic E-state index is 0.330. The summed E-state index contributed by atoms with van der Waals surface area (Å²) in [5.74, 6) is 0.291. The smallest absolute Gasteiger partial charge is 0.339 e. The Morgan fingerprint density at radius 1 is 1.11 bits per heavy atom. The Balaban J connectivity index is 1.39. The first-order valence-corrected chi connectivity index (χ1v) is 12.0. The van der Waals surface area contributed by atoms with Crippen molar-refractivity contribution in [1.82, 2.24) is 20.1 Å². The van der Waals surface area contributed by atoms with Gasteiger partial charge in [0, 0.05) is 13.1 Å². The first kappa shape index (κ1) is 24.2. The third-order valence-corrected chi connectivity index (χ3v) is 6.31. The summed E-state index contributed by atoms with van der Waals surface area (Å²) in [5.41, 5.74) is 2.57. The number of nitrogens with zero attached hydrogens (tertiary/aromatic N) is 3. The highest BCUT2D eigenvalue weighted by Gasteiger charge is 2.19. The van der Waals surface area contributed by atoms with Crippen molar-refractivity contribution in [2.45, 2.75) is 19.9 Å². The molecule has 10 heteroatoms. The quantitative estimate of drug-likeness (QED) is 0.335. The number of aryl methyl sites for hydroxylation is 1. The van der Waals surface area contributed by atoms with E-state index in [1.54, 1.807) is 31.2 Å². The van der Waals surface area contributed by atoms with Crippen LogP contribution in [0.1, 0.15) is 22.8 Å². The van der Waals surface area contributed by atoms with Gasteiger partial charge in [-0.2, -0.15) is 5.10 Å². The predicted octanol–water partition coefficient (Wildman–Crippen LogP) is 3.71. The molecule has 1 N–H and O–H groups in total. The number of pyridine rings is 1. The summed E-state index contributed by atoms with van der Waals surface area (Å²) < 4.78 is 17.6. The Morgan fingerprint density at radius 2 is 1.94 bits per heavy atom. The van der Waals surface area contributed by atoms with Crippen LogP contribution in [0.15, 0.2) is 48.0 Å². The van der Waals surface area contributed by atoms with E-state index >= 15 is 0 Å². The van der Waals surface area contributed by atoms with Crippen LogP contribution >= 0.6 is 11.3 Å². The Kier molecular flexibility index (Phi) is 7.61. The van der Waals surface area contributed by atoms with E-state index in [2.05, 4.69) is 15.4 Å². The van der Waals surface area contributed by atoms with Crippen molar-refractivity contribution in [3.05, 3.63) is 59.1 Å². The molecule has 0 aliphatic carbocycles. The molecule has 3 heterocycles. The number of benzene rings is 1. The van der Waals surface area contributed by atoms with Crippen LogP contribution in [0.4, 0.5) is 0 Å². The standard InChI is InChI=1S/C25H26N4O5S/c1-4-29-24-18(14-27-29)17(13-19(28-24)22-6-5-11-35-22)25(31)34-15-23(30)26-10-9-16-7-8-20(32-2)21(12-16)33-3/h5-8,11-14H,4,9-10,15H2,1-3H3,(H,26,30). The highest BCUT2D eigenvalue weighted by Crippen LogP contribution is 2.29. The number of hydrogen-bond donors (Lipinski definition) is 1. The topological polar surface area (TPSA) is 105 Å². The number of thiophene rings is 1. The van der Waals surface area contributed by atoms with E-state index in [1.807, 2.05) is 42.6 Å². The summed E-state index contributed by atoms with van der Waals surface area (Å²) in [4.78, 5) is 30.8. The van der Waals surface area contributed by atoms with Crippen LogP contribution in [0.5, 0.6) is 11.5 Å². The lowest BCUT2D eigenvalue weighted by molar-refractivity contribution is -0.124. The van der Waals surface area contributed by atoms with Gasteiger partial charge in [0.05, 0.1) is 41.9 Å². The van der Waals surface area contributed by atoms with Gasteiger partial charge in [0.25, 0.3) is 5.91 Å². The Morgan fingerprint density at radius 3 is 2.66 bits per heavy atom. The van der Waals surface area contributed by atoms with Gasteiger partial charge in [-0.25, -0.2) is 14.5 Å². The van der Waals surface area contributed by atoms with Gasteiger partial charge >= 0.3 is 5.97 Å². The molecule has 0 spiro atoms. The molecular formula is C25H26N4O5S. The number of aromatic nitrogens is 3. The molecule has 35 heavy (non-hydrogen) atoms. The first-order valence-electron chi connectivity index (χ1n) is 11.1. The second-order valence-electron chi connectivity index (χ2n) is 7.60. The van der Waals surface area contributed by atoms with Gasteiger partial charge in [-0.05, 0) is 48.6 Å². The van der Waals surface area contributed by atoms with Gasteiger partial charge in [-0.3, -0.25) is 4.79 Å². The number of carbonyl (C=O) groups excluding carboxylic acids is 2. The van der Waals surface area contributed by atoms with Crippen molar-refractivity contribution < 1.29 is 23.8 Å². The molecule has 0 aliphatic rings. The molecule has 0 fully saturated rings. The number of esters is 1. The molecule has 0 unspecified atom stereocenters. The van der Waals surface area contributed by atoms with Gasteiger partial charge < -0.3 is 19.5 Å². The molecule has 0 bridgehead atoms. The molecule has 1 aromatic carbocycles. The van der Waals surface area contributed by atoms with Crippen molar-refractivity contribution in [2.75, 3.05) is 27.4 Å². The molecule has 9 nitrogen and oxygen atoms in total. The maximum absolute atomic E-state index is 12.9. The third-order valence-electron chi connectivity index (χ3n) is 5.42. The normalized spacial score (nSPS) is 10.8. The maximum atomic E-state index is 12.9. The zero-order chi connectivity index (χ0) is 24.8. The van der Waals surface area contributed by atoms with E-state index in [0.29, 0.717) is 53.3 Å². The van der Waals surface area contributed by atoms with E-state index in [-0.39, 0.29) is 12.5 Å². The average molecular weight is 495 g/mol. The second kappa shape index (κ2) is 11.0. The lowest BCUT2D eigenvalue weighted by atomic mass is 10.1. The van der Waals surface area contributed by atoms with E-state index < -0.39 is 5.97 Å². The van der Waals surface area contributed by atoms with Crippen LogP contribution in [0.25, 0.3) is 21.6 Å². The molecule has 0 saturated heterocycles. The average Bonchev–Trinajstić information content (AvgIpc) is 3.56. The fourth-order valence-electron chi connectivity index (χ4n) is 3.64. The largest absolute Gasteiger partial charge is 0.493 e.